The van der Waals surface area contributed by atoms with Gasteiger partial charge in [0.05, 0.1) is 5.60 Å². The van der Waals surface area contributed by atoms with Crippen LogP contribution in [0.25, 0.3) is 0 Å². The summed E-state index contributed by atoms with van der Waals surface area (Å²) in [5.74, 6) is -0.0303. The number of aliphatic hydroxyl groups is 1. The highest BCUT2D eigenvalue weighted by atomic mass is 16.3. The molecule has 94 valence electrons. The topological polar surface area (TPSA) is 86.2 Å². The summed E-state index contributed by atoms with van der Waals surface area (Å²) in [6, 6.07) is 3.71. The lowest BCUT2D eigenvalue weighted by Crippen LogP contribution is -2.36. The number of hydrogen-bond acceptors (Lipinski definition) is 4. The minimum absolute atomic E-state index is 0.0303. The van der Waals surface area contributed by atoms with Gasteiger partial charge in [-0.3, -0.25) is 15.3 Å². The molecule has 0 aliphatic carbocycles. The second kappa shape index (κ2) is 5.25. The summed E-state index contributed by atoms with van der Waals surface area (Å²) in [6.07, 6.45) is 1.62. The molecule has 0 amide bonds. The van der Waals surface area contributed by atoms with Crippen LogP contribution in [0, 0.1) is 5.41 Å². The first-order chi connectivity index (χ1) is 7.79. The monoisotopic (exact) mass is 236 g/mol. The second-order valence-corrected chi connectivity index (χ2v) is 4.91. The number of nitrogens with two attached hydrogens (primary N) is 1. The summed E-state index contributed by atoms with van der Waals surface area (Å²) in [4.78, 5) is 6.06. The molecule has 0 fully saturated rings. The Hall–Kier alpha value is -1.46. The Bertz CT molecular complexity index is 398. The summed E-state index contributed by atoms with van der Waals surface area (Å²) in [5.41, 5.74) is 6.13. The smallest absolute Gasteiger partial charge is 0.142 e. The van der Waals surface area contributed by atoms with Crippen molar-refractivity contribution in [3.8, 4) is 0 Å². The summed E-state index contributed by atoms with van der Waals surface area (Å²) >= 11 is 0. The first kappa shape index (κ1) is 13.6. The van der Waals surface area contributed by atoms with Crippen molar-refractivity contribution in [2.24, 2.45) is 5.73 Å². The Kier molecular flexibility index (Phi) is 4.20. The maximum atomic E-state index is 9.72. The van der Waals surface area contributed by atoms with Crippen molar-refractivity contribution in [1.82, 2.24) is 9.88 Å². The van der Waals surface area contributed by atoms with Gasteiger partial charge in [0.25, 0.3) is 0 Å². The molecule has 0 bridgehead atoms. The van der Waals surface area contributed by atoms with Gasteiger partial charge in [-0.15, -0.1) is 0 Å². The largest absolute Gasteiger partial charge is 0.389 e. The van der Waals surface area contributed by atoms with E-state index in [1.165, 1.54) is 0 Å². The molecule has 0 spiro atoms. The first-order valence-corrected chi connectivity index (χ1v) is 5.49. The van der Waals surface area contributed by atoms with Crippen molar-refractivity contribution in [2.45, 2.75) is 26.0 Å². The number of nitrogens with zero attached hydrogens (tertiary/aromatic N) is 2. The van der Waals surface area contributed by atoms with E-state index in [0.29, 0.717) is 18.8 Å². The van der Waals surface area contributed by atoms with Crippen LogP contribution in [0.2, 0.25) is 0 Å². The summed E-state index contributed by atoms with van der Waals surface area (Å²) < 4.78 is 0. The van der Waals surface area contributed by atoms with Gasteiger partial charge >= 0.3 is 0 Å². The van der Waals surface area contributed by atoms with E-state index in [0.717, 1.165) is 5.56 Å². The second-order valence-electron chi connectivity index (χ2n) is 4.91. The van der Waals surface area contributed by atoms with E-state index in [-0.39, 0.29) is 5.84 Å². The number of amidine groups is 1. The molecule has 1 rings (SSSR count). The molecule has 0 unspecified atom stereocenters. The SMILES string of the molecule is CN(Cc1cccnc1C(=N)N)CC(C)(C)O. The molecule has 1 aromatic rings. The highest BCUT2D eigenvalue weighted by molar-refractivity contribution is 5.94. The van der Waals surface area contributed by atoms with Crippen LogP contribution in [0.1, 0.15) is 25.1 Å². The van der Waals surface area contributed by atoms with Crippen molar-refractivity contribution in [2.75, 3.05) is 13.6 Å². The van der Waals surface area contributed by atoms with Gasteiger partial charge < -0.3 is 10.8 Å². The van der Waals surface area contributed by atoms with Crippen molar-refractivity contribution in [3.05, 3.63) is 29.6 Å². The van der Waals surface area contributed by atoms with Crippen molar-refractivity contribution in [1.29, 1.82) is 5.41 Å². The fourth-order valence-electron chi connectivity index (χ4n) is 1.82. The Balaban J connectivity index is 2.78. The van der Waals surface area contributed by atoms with E-state index in [1.54, 1.807) is 20.0 Å². The summed E-state index contributed by atoms with van der Waals surface area (Å²) in [5, 5.41) is 17.2. The number of hydrogen-bond donors (Lipinski definition) is 3. The van der Waals surface area contributed by atoms with E-state index >= 15 is 0 Å². The van der Waals surface area contributed by atoms with Crippen LogP contribution >= 0.6 is 0 Å². The average Bonchev–Trinajstić information content (AvgIpc) is 2.14. The normalized spacial score (nSPS) is 11.8. The standard InChI is InChI=1S/C12H20N4O/c1-12(2,17)8-16(3)7-9-5-4-6-15-10(9)11(13)14/h4-6,17H,7-8H2,1-3H3,(H3,13,14). The molecule has 0 aliphatic rings. The van der Waals surface area contributed by atoms with Crippen molar-refractivity contribution in [3.63, 3.8) is 0 Å². The van der Waals surface area contributed by atoms with Gasteiger partial charge in [0.2, 0.25) is 0 Å². The Morgan fingerprint density at radius 3 is 2.76 bits per heavy atom. The van der Waals surface area contributed by atoms with Crippen molar-refractivity contribution < 1.29 is 5.11 Å². The van der Waals surface area contributed by atoms with E-state index in [4.69, 9.17) is 11.1 Å². The lowest BCUT2D eigenvalue weighted by molar-refractivity contribution is 0.0424. The zero-order chi connectivity index (χ0) is 13.1. The van der Waals surface area contributed by atoms with E-state index < -0.39 is 5.60 Å². The van der Waals surface area contributed by atoms with Crippen LogP contribution in [0.3, 0.4) is 0 Å². The third kappa shape index (κ3) is 4.50. The minimum Gasteiger partial charge on any atom is -0.389 e. The van der Waals surface area contributed by atoms with Gasteiger partial charge in [0, 0.05) is 19.3 Å². The average molecular weight is 236 g/mol. The molecule has 1 heterocycles. The predicted octanol–water partition coefficient (Wildman–Crippen LogP) is 0.568. The third-order valence-corrected chi connectivity index (χ3v) is 2.24. The van der Waals surface area contributed by atoms with Gasteiger partial charge in [-0.2, -0.15) is 0 Å². The fourth-order valence-corrected chi connectivity index (χ4v) is 1.82. The highest BCUT2D eigenvalue weighted by Gasteiger charge is 2.17. The lowest BCUT2D eigenvalue weighted by atomic mass is 10.1. The number of pyridine rings is 1. The molecule has 0 aromatic carbocycles. The molecule has 5 heteroatoms. The number of nitrogens with one attached hydrogen (secondary N) is 1. The number of rotatable bonds is 5. The molecule has 0 saturated heterocycles. The molecule has 1 aromatic heterocycles. The molecule has 0 saturated carbocycles. The Labute approximate surface area is 102 Å². The van der Waals surface area contributed by atoms with E-state index in [9.17, 15) is 5.11 Å². The van der Waals surface area contributed by atoms with Gasteiger partial charge in [0.1, 0.15) is 11.5 Å². The zero-order valence-electron chi connectivity index (χ0n) is 10.6. The van der Waals surface area contributed by atoms with E-state index in [2.05, 4.69) is 4.98 Å². The molecule has 17 heavy (non-hydrogen) atoms. The maximum Gasteiger partial charge on any atom is 0.142 e. The summed E-state index contributed by atoms with van der Waals surface area (Å²) in [6.45, 7) is 4.67. The van der Waals surface area contributed by atoms with Gasteiger partial charge in [-0.05, 0) is 32.5 Å². The molecular formula is C12H20N4O. The van der Waals surface area contributed by atoms with Crippen LogP contribution < -0.4 is 5.73 Å². The first-order valence-electron chi connectivity index (χ1n) is 5.49. The van der Waals surface area contributed by atoms with Gasteiger partial charge in [-0.25, -0.2) is 0 Å². The van der Waals surface area contributed by atoms with Gasteiger partial charge in [0.15, 0.2) is 0 Å². The minimum atomic E-state index is -0.743. The number of nitrogen functional groups attached to an aromatic ring is 1. The van der Waals surface area contributed by atoms with Crippen LogP contribution in [-0.2, 0) is 6.54 Å². The van der Waals surface area contributed by atoms with Crippen LogP contribution in [0.15, 0.2) is 18.3 Å². The molecule has 0 atom stereocenters. The van der Waals surface area contributed by atoms with Crippen LogP contribution in [-0.4, -0.2) is 40.0 Å². The van der Waals surface area contributed by atoms with Crippen LogP contribution in [0.4, 0.5) is 0 Å². The Morgan fingerprint density at radius 1 is 1.59 bits per heavy atom. The van der Waals surface area contributed by atoms with Gasteiger partial charge in [-0.1, -0.05) is 6.07 Å². The molecular weight excluding hydrogens is 216 g/mol. The third-order valence-electron chi connectivity index (χ3n) is 2.24. The highest BCUT2D eigenvalue weighted by Crippen LogP contribution is 2.10. The summed E-state index contributed by atoms with van der Waals surface area (Å²) in [7, 11) is 1.91. The fraction of sp³-hybridized carbons (Fsp3) is 0.500. The number of aromatic nitrogens is 1. The quantitative estimate of drug-likeness (QED) is 0.515. The maximum absolute atomic E-state index is 9.72. The molecule has 4 N–H and O–H groups in total. The predicted molar refractivity (Wildman–Crippen MR) is 67.9 cm³/mol. The number of likely N-dealkylation sites (N-methyl/N-ethyl adjacent to an activating group) is 1. The van der Waals surface area contributed by atoms with E-state index in [1.807, 2.05) is 24.1 Å². The lowest BCUT2D eigenvalue weighted by Gasteiger charge is -2.25. The Morgan fingerprint density at radius 2 is 2.24 bits per heavy atom. The zero-order valence-corrected chi connectivity index (χ0v) is 10.6. The molecule has 0 radical (unpaired) electrons. The molecule has 5 nitrogen and oxygen atoms in total. The van der Waals surface area contributed by atoms with Crippen LogP contribution in [0.5, 0.6) is 0 Å². The molecule has 0 aliphatic heterocycles. The van der Waals surface area contributed by atoms with Crippen molar-refractivity contribution >= 4 is 5.84 Å².